The molecule has 6 heteroatoms. The summed E-state index contributed by atoms with van der Waals surface area (Å²) in [5.41, 5.74) is 0. The lowest BCUT2D eigenvalue weighted by atomic mass is 10.2. The Morgan fingerprint density at radius 1 is 1.69 bits per heavy atom. The zero-order valence-electron chi connectivity index (χ0n) is 8.46. The van der Waals surface area contributed by atoms with Crippen LogP contribution in [0.5, 0.6) is 0 Å². The molecule has 0 saturated carbocycles. The molecule has 2 heterocycles. The summed E-state index contributed by atoms with van der Waals surface area (Å²) in [4.78, 5) is 23.3. The molecule has 1 aromatic rings. The first-order valence-electron chi connectivity index (χ1n) is 4.97. The van der Waals surface area contributed by atoms with E-state index in [4.69, 9.17) is 0 Å². The molecule has 0 spiro atoms. The van der Waals surface area contributed by atoms with Crippen LogP contribution in [0.15, 0.2) is 15.9 Å². The third kappa shape index (κ3) is 2.62. The minimum atomic E-state index is -0.0944. The number of carbonyl (C=O) groups excluding carboxylic acids is 2. The van der Waals surface area contributed by atoms with E-state index in [-0.39, 0.29) is 17.9 Å². The van der Waals surface area contributed by atoms with Crippen LogP contribution in [0.1, 0.15) is 22.5 Å². The molecule has 1 atom stereocenters. The van der Waals surface area contributed by atoms with Crippen molar-refractivity contribution in [2.75, 3.05) is 6.54 Å². The first-order chi connectivity index (χ1) is 7.66. The van der Waals surface area contributed by atoms with Gasteiger partial charge in [0.1, 0.15) is 4.88 Å². The second kappa shape index (κ2) is 4.97. The number of hydrogen-bond acceptors (Lipinski definition) is 3. The van der Waals surface area contributed by atoms with Crippen LogP contribution in [0, 0.1) is 0 Å². The fourth-order valence-electron chi connectivity index (χ4n) is 1.58. The third-order valence-electron chi connectivity index (χ3n) is 2.42. The van der Waals surface area contributed by atoms with Crippen molar-refractivity contribution in [3.8, 4) is 0 Å². The number of amides is 2. The monoisotopic (exact) mass is 302 g/mol. The SMILES string of the molecule is O=C1CCC(CNC(=O)c2sccc2Br)N1. The van der Waals surface area contributed by atoms with Gasteiger partial charge < -0.3 is 10.6 Å². The molecule has 0 aliphatic carbocycles. The summed E-state index contributed by atoms with van der Waals surface area (Å²) in [6.45, 7) is 0.495. The highest BCUT2D eigenvalue weighted by Gasteiger charge is 2.21. The van der Waals surface area contributed by atoms with Gasteiger partial charge in [0, 0.05) is 23.5 Å². The quantitative estimate of drug-likeness (QED) is 0.889. The molecule has 0 bridgehead atoms. The van der Waals surface area contributed by atoms with E-state index in [1.165, 1.54) is 11.3 Å². The summed E-state index contributed by atoms with van der Waals surface area (Å²) in [6, 6.07) is 1.92. The first-order valence-corrected chi connectivity index (χ1v) is 6.64. The molecule has 1 unspecified atom stereocenters. The Hall–Kier alpha value is -0.880. The zero-order valence-corrected chi connectivity index (χ0v) is 10.9. The minimum absolute atomic E-state index is 0.0663. The van der Waals surface area contributed by atoms with Gasteiger partial charge in [-0.2, -0.15) is 0 Å². The fourth-order valence-corrected chi connectivity index (χ4v) is 3.05. The van der Waals surface area contributed by atoms with Crippen LogP contribution in [0.3, 0.4) is 0 Å². The van der Waals surface area contributed by atoms with Crippen LogP contribution in [-0.4, -0.2) is 24.4 Å². The largest absolute Gasteiger partial charge is 0.352 e. The van der Waals surface area contributed by atoms with Crippen molar-refractivity contribution < 1.29 is 9.59 Å². The number of carbonyl (C=O) groups is 2. The van der Waals surface area contributed by atoms with Gasteiger partial charge in [0.15, 0.2) is 0 Å². The molecule has 4 nitrogen and oxygen atoms in total. The van der Waals surface area contributed by atoms with E-state index in [0.29, 0.717) is 17.8 Å². The number of thiophene rings is 1. The highest BCUT2D eigenvalue weighted by atomic mass is 79.9. The summed E-state index contributed by atoms with van der Waals surface area (Å²) < 4.78 is 0.811. The molecular formula is C10H11BrN2O2S. The molecule has 86 valence electrons. The zero-order chi connectivity index (χ0) is 11.5. The molecule has 1 fully saturated rings. The van der Waals surface area contributed by atoms with Gasteiger partial charge in [0.25, 0.3) is 5.91 Å². The van der Waals surface area contributed by atoms with E-state index in [9.17, 15) is 9.59 Å². The Labute approximate surface area is 106 Å². The Bertz CT molecular complexity index is 419. The lowest BCUT2D eigenvalue weighted by Gasteiger charge is -2.10. The van der Waals surface area contributed by atoms with E-state index in [1.54, 1.807) is 0 Å². The van der Waals surface area contributed by atoms with E-state index in [2.05, 4.69) is 26.6 Å². The summed E-state index contributed by atoms with van der Waals surface area (Å²) in [5, 5.41) is 7.48. The Balaban J connectivity index is 1.85. The topological polar surface area (TPSA) is 58.2 Å². The normalized spacial score (nSPS) is 19.6. The highest BCUT2D eigenvalue weighted by molar-refractivity contribution is 9.10. The third-order valence-corrected chi connectivity index (χ3v) is 4.25. The molecular weight excluding hydrogens is 292 g/mol. The summed E-state index contributed by atoms with van der Waals surface area (Å²) in [7, 11) is 0. The second-order valence-electron chi connectivity index (χ2n) is 3.61. The minimum Gasteiger partial charge on any atom is -0.352 e. The van der Waals surface area contributed by atoms with Gasteiger partial charge in [0.05, 0.1) is 0 Å². The van der Waals surface area contributed by atoms with Gasteiger partial charge in [-0.05, 0) is 33.8 Å². The maximum atomic E-state index is 11.7. The summed E-state index contributed by atoms with van der Waals surface area (Å²) >= 11 is 4.70. The van der Waals surface area contributed by atoms with Gasteiger partial charge in [-0.25, -0.2) is 0 Å². The lowest BCUT2D eigenvalue weighted by molar-refractivity contribution is -0.119. The van der Waals surface area contributed by atoms with Crippen molar-refractivity contribution >= 4 is 39.1 Å². The fraction of sp³-hybridized carbons (Fsp3) is 0.400. The average molecular weight is 303 g/mol. The maximum Gasteiger partial charge on any atom is 0.262 e. The predicted octanol–water partition coefficient (Wildman–Crippen LogP) is 1.52. The van der Waals surface area contributed by atoms with E-state index in [1.807, 2.05) is 11.4 Å². The van der Waals surface area contributed by atoms with Gasteiger partial charge in [-0.3, -0.25) is 9.59 Å². The molecule has 16 heavy (non-hydrogen) atoms. The molecule has 1 aromatic heterocycles. The standard InChI is InChI=1S/C10H11BrN2O2S/c11-7-3-4-16-9(7)10(15)12-5-6-1-2-8(14)13-6/h3-4,6H,1-2,5H2,(H,12,15)(H,13,14). The van der Waals surface area contributed by atoms with Crippen LogP contribution in [0.25, 0.3) is 0 Å². The van der Waals surface area contributed by atoms with Crippen LogP contribution in [0.4, 0.5) is 0 Å². The molecule has 1 aliphatic rings. The molecule has 1 saturated heterocycles. The Kier molecular flexibility index (Phi) is 3.60. The van der Waals surface area contributed by atoms with E-state index < -0.39 is 0 Å². The Morgan fingerprint density at radius 3 is 3.06 bits per heavy atom. The predicted molar refractivity (Wildman–Crippen MR) is 65.5 cm³/mol. The van der Waals surface area contributed by atoms with Gasteiger partial charge in [0.2, 0.25) is 5.91 Å². The molecule has 0 radical (unpaired) electrons. The molecule has 2 rings (SSSR count). The molecule has 2 N–H and O–H groups in total. The highest BCUT2D eigenvalue weighted by Crippen LogP contribution is 2.22. The smallest absolute Gasteiger partial charge is 0.262 e. The molecule has 1 aliphatic heterocycles. The van der Waals surface area contributed by atoms with Crippen molar-refractivity contribution in [3.63, 3.8) is 0 Å². The molecule has 0 aromatic carbocycles. The Morgan fingerprint density at radius 2 is 2.50 bits per heavy atom. The summed E-state index contributed by atoms with van der Waals surface area (Å²) in [6.07, 6.45) is 1.36. The lowest BCUT2D eigenvalue weighted by Crippen LogP contribution is -2.38. The van der Waals surface area contributed by atoms with E-state index in [0.717, 1.165) is 10.9 Å². The maximum absolute atomic E-state index is 11.7. The van der Waals surface area contributed by atoms with Gasteiger partial charge >= 0.3 is 0 Å². The van der Waals surface area contributed by atoms with Gasteiger partial charge in [-0.1, -0.05) is 0 Å². The van der Waals surface area contributed by atoms with Gasteiger partial charge in [-0.15, -0.1) is 11.3 Å². The second-order valence-corrected chi connectivity index (χ2v) is 5.38. The van der Waals surface area contributed by atoms with Crippen molar-refractivity contribution in [2.45, 2.75) is 18.9 Å². The molecule has 2 amide bonds. The number of hydrogen-bond donors (Lipinski definition) is 2. The van der Waals surface area contributed by atoms with Crippen LogP contribution in [-0.2, 0) is 4.79 Å². The van der Waals surface area contributed by atoms with Crippen molar-refractivity contribution in [3.05, 3.63) is 20.8 Å². The first kappa shape index (κ1) is 11.6. The van der Waals surface area contributed by atoms with Crippen LogP contribution >= 0.6 is 27.3 Å². The van der Waals surface area contributed by atoms with Crippen LogP contribution < -0.4 is 10.6 Å². The van der Waals surface area contributed by atoms with Crippen molar-refractivity contribution in [2.24, 2.45) is 0 Å². The summed E-state index contributed by atoms with van der Waals surface area (Å²) in [5.74, 6) is -0.0282. The average Bonchev–Trinajstić information content (AvgIpc) is 2.84. The van der Waals surface area contributed by atoms with Crippen molar-refractivity contribution in [1.82, 2.24) is 10.6 Å². The number of rotatable bonds is 3. The van der Waals surface area contributed by atoms with Crippen molar-refractivity contribution in [1.29, 1.82) is 0 Å². The number of halogens is 1. The van der Waals surface area contributed by atoms with Crippen LogP contribution in [0.2, 0.25) is 0 Å². The number of nitrogens with one attached hydrogen (secondary N) is 2. The van der Waals surface area contributed by atoms with E-state index >= 15 is 0 Å².